The highest BCUT2D eigenvalue weighted by molar-refractivity contribution is 6.02. The van der Waals surface area contributed by atoms with Gasteiger partial charge in [-0.05, 0) is 31.0 Å². The van der Waals surface area contributed by atoms with E-state index < -0.39 is 4.92 Å². The topological polar surface area (TPSA) is 98.3 Å². The number of hydrogen-bond acceptors (Lipinski definition) is 5. The number of anilines is 1. The van der Waals surface area contributed by atoms with Gasteiger partial charge in [0, 0.05) is 11.6 Å². The second-order valence-corrected chi connectivity index (χ2v) is 4.71. The molecule has 0 aliphatic carbocycles. The Bertz CT molecular complexity index is 729. The molecule has 1 aliphatic rings. The van der Waals surface area contributed by atoms with E-state index in [0.29, 0.717) is 22.6 Å². The minimum absolute atomic E-state index is 0.108. The molecule has 0 spiro atoms. The third-order valence-corrected chi connectivity index (χ3v) is 3.33. The normalized spacial score (nSPS) is 13.2. The summed E-state index contributed by atoms with van der Waals surface area (Å²) < 4.78 is 5.09. The first-order chi connectivity index (χ1) is 9.47. The van der Waals surface area contributed by atoms with Crippen molar-refractivity contribution in [3.63, 3.8) is 0 Å². The van der Waals surface area contributed by atoms with Crippen LogP contribution in [-0.2, 0) is 11.2 Å². The van der Waals surface area contributed by atoms with Gasteiger partial charge in [0.2, 0.25) is 5.91 Å². The van der Waals surface area contributed by atoms with E-state index in [0.717, 1.165) is 5.56 Å². The Morgan fingerprint density at radius 2 is 2.15 bits per heavy atom. The summed E-state index contributed by atoms with van der Waals surface area (Å²) in [6, 6.07) is 3.21. The maximum Gasteiger partial charge on any atom is 0.293 e. The summed E-state index contributed by atoms with van der Waals surface area (Å²) >= 11 is 0. The zero-order valence-corrected chi connectivity index (χ0v) is 10.9. The van der Waals surface area contributed by atoms with Crippen LogP contribution in [0.5, 0.6) is 0 Å². The lowest BCUT2D eigenvalue weighted by Crippen LogP contribution is -2.04. The Hall–Kier alpha value is -2.70. The summed E-state index contributed by atoms with van der Waals surface area (Å²) in [5.41, 5.74) is 2.84. The van der Waals surface area contributed by atoms with Crippen LogP contribution in [0.4, 0.5) is 11.4 Å². The van der Waals surface area contributed by atoms with Crippen LogP contribution in [-0.4, -0.2) is 16.0 Å². The molecule has 0 saturated carbocycles. The number of aromatic nitrogens is 1. The van der Waals surface area contributed by atoms with Crippen molar-refractivity contribution >= 4 is 17.3 Å². The molecule has 2 heterocycles. The van der Waals surface area contributed by atoms with Gasteiger partial charge in [-0.25, -0.2) is 0 Å². The Morgan fingerprint density at radius 1 is 1.40 bits per heavy atom. The summed E-state index contributed by atoms with van der Waals surface area (Å²) in [6.07, 6.45) is 0.146. The number of fused-ring (bicyclic) bond motifs is 1. The monoisotopic (exact) mass is 273 g/mol. The van der Waals surface area contributed by atoms with Gasteiger partial charge in [0.05, 0.1) is 17.0 Å². The molecule has 20 heavy (non-hydrogen) atoms. The summed E-state index contributed by atoms with van der Waals surface area (Å²) in [6.45, 7) is 3.52. The Labute approximate surface area is 113 Å². The van der Waals surface area contributed by atoms with E-state index in [2.05, 4.69) is 10.5 Å². The zero-order valence-electron chi connectivity index (χ0n) is 10.9. The van der Waals surface area contributed by atoms with Crippen LogP contribution in [0.25, 0.3) is 11.1 Å². The van der Waals surface area contributed by atoms with E-state index >= 15 is 0 Å². The zero-order chi connectivity index (χ0) is 14.4. The number of nitro benzene ring substituents is 1. The van der Waals surface area contributed by atoms with Crippen LogP contribution in [0.1, 0.15) is 17.0 Å². The summed E-state index contributed by atoms with van der Waals surface area (Å²) in [4.78, 5) is 22.1. The predicted octanol–water partition coefficient (Wildman–Crippen LogP) is 2.36. The molecule has 0 unspecified atom stereocenters. The number of rotatable bonds is 2. The van der Waals surface area contributed by atoms with E-state index in [1.165, 1.54) is 6.07 Å². The van der Waals surface area contributed by atoms with Crippen molar-refractivity contribution in [1.82, 2.24) is 5.16 Å². The molecule has 1 aromatic heterocycles. The molecule has 7 heteroatoms. The summed E-state index contributed by atoms with van der Waals surface area (Å²) in [5, 5.41) is 17.6. The molecular formula is C13H11N3O4. The average Bonchev–Trinajstić information content (AvgIpc) is 2.90. The lowest BCUT2D eigenvalue weighted by molar-refractivity contribution is -0.383. The van der Waals surface area contributed by atoms with Crippen LogP contribution in [0.15, 0.2) is 16.7 Å². The number of nitro groups is 1. The lowest BCUT2D eigenvalue weighted by Gasteiger charge is -2.05. The van der Waals surface area contributed by atoms with E-state index in [4.69, 9.17) is 4.52 Å². The van der Waals surface area contributed by atoms with Crippen LogP contribution in [0.2, 0.25) is 0 Å². The number of nitrogens with one attached hydrogen (secondary N) is 1. The molecule has 7 nitrogen and oxygen atoms in total. The molecule has 2 aromatic rings. The van der Waals surface area contributed by atoms with Crippen LogP contribution in [0, 0.1) is 24.0 Å². The Balaban J connectivity index is 2.25. The van der Waals surface area contributed by atoms with Gasteiger partial charge in [0.1, 0.15) is 11.4 Å². The van der Waals surface area contributed by atoms with Gasteiger partial charge >= 0.3 is 0 Å². The second kappa shape index (κ2) is 4.16. The van der Waals surface area contributed by atoms with Gasteiger partial charge in [-0.15, -0.1) is 0 Å². The largest absolute Gasteiger partial charge is 0.361 e. The van der Waals surface area contributed by atoms with Crippen molar-refractivity contribution in [3.8, 4) is 11.1 Å². The summed E-state index contributed by atoms with van der Waals surface area (Å²) in [5.74, 6) is 0.355. The van der Waals surface area contributed by atoms with Crippen LogP contribution >= 0.6 is 0 Å². The van der Waals surface area contributed by atoms with Crippen molar-refractivity contribution in [2.45, 2.75) is 20.3 Å². The first kappa shape index (κ1) is 12.3. The standard InChI is InChI=1S/C13H11N3O4/c1-6-12(7(2)20-15-6)8-3-9-5-11(17)14-13(9)10(4-8)16(18)19/h3-4H,5H2,1-2H3,(H,14,17). The number of carbonyl (C=O) groups is 1. The third kappa shape index (κ3) is 1.75. The maximum absolute atomic E-state index is 11.4. The molecular weight excluding hydrogens is 262 g/mol. The number of benzene rings is 1. The minimum atomic E-state index is -0.494. The van der Waals surface area contributed by atoms with Gasteiger partial charge in [-0.3, -0.25) is 14.9 Å². The van der Waals surface area contributed by atoms with Crippen molar-refractivity contribution in [1.29, 1.82) is 0 Å². The maximum atomic E-state index is 11.4. The first-order valence-electron chi connectivity index (χ1n) is 6.01. The van der Waals surface area contributed by atoms with Crippen LogP contribution < -0.4 is 5.32 Å². The number of amides is 1. The quantitative estimate of drug-likeness (QED) is 0.669. The molecule has 0 atom stereocenters. The van der Waals surface area contributed by atoms with Gasteiger partial charge in [-0.2, -0.15) is 0 Å². The summed E-state index contributed by atoms with van der Waals surface area (Å²) in [7, 11) is 0. The minimum Gasteiger partial charge on any atom is -0.361 e. The van der Waals surface area contributed by atoms with E-state index in [9.17, 15) is 14.9 Å². The number of hydrogen-bond donors (Lipinski definition) is 1. The molecule has 1 aromatic carbocycles. The smallest absolute Gasteiger partial charge is 0.293 e. The fraction of sp³-hybridized carbons (Fsp3) is 0.231. The molecule has 0 saturated heterocycles. The van der Waals surface area contributed by atoms with Gasteiger partial charge in [0.25, 0.3) is 5.69 Å². The number of carbonyl (C=O) groups excluding carboxylic acids is 1. The molecule has 1 aliphatic heterocycles. The van der Waals surface area contributed by atoms with E-state index in [1.54, 1.807) is 19.9 Å². The van der Waals surface area contributed by atoms with Crippen molar-refractivity contribution in [3.05, 3.63) is 39.3 Å². The highest BCUT2D eigenvalue weighted by Gasteiger charge is 2.28. The first-order valence-corrected chi connectivity index (χ1v) is 6.01. The van der Waals surface area contributed by atoms with Crippen molar-refractivity contribution in [2.75, 3.05) is 5.32 Å². The highest BCUT2D eigenvalue weighted by Crippen LogP contribution is 2.39. The molecule has 102 valence electrons. The predicted molar refractivity (Wildman–Crippen MR) is 70.4 cm³/mol. The van der Waals surface area contributed by atoms with E-state index in [-0.39, 0.29) is 23.7 Å². The number of aryl methyl sites for hydroxylation is 2. The Morgan fingerprint density at radius 3 is 2.75 bits per heavy atom. The molecule has 1 amide bonds. The van der Waals surface area contributed by atoms with Crippen molar-refractivity contribution < 1.29 is 14.2 Å². The fourth-order valence-electron chi connectivity index (χ4n) is 2.51. The van der Waals surface area contributed by atoms with Crippen LogP contribution in [0.3, 0.4) is 0 Å². The SMILES string of the molecule is Cc1noc(C)c1-c1cc2c(c([N+](=O)[O-])c1)NC(=O)C2. The molecule has 0 fully saturated rings. The third-order valence-electron chi connectivity index (χ3n) is 3.33. The second-order valence-electron chi connectivity index (χ2n) is 4.71. The Kier molecular flexibility index (Phi) is 2.56. The van der Waals surface area contributed by atoms with Gasteiger partial charge < -0.3 is 9.84 Å². The number of nitrogens with zero attached hydrogens (tertiary/aromatic N) is 2. The fourth-order valence-corrected chi connectivity index (χ4v) is 2.51. The van der Waals surface area contributed by atoms with Gasteiger partial charge in [-0.1, -0.05) is 5.16 Å². The van der Waals surface area contributed by atoms with Gasteiger partial charge in [0.15, 0.2) is 0 Å². The highest BCUT2D eigenvalue weighted by atomic mass is 16.6. The molecule has 0 bridgehead atoms. The molecule has 3 rings (SSSR count). The van der Waals surface area contributed by atoms with Crippen molar-refractivity contribution in [2.24, 2.45) is 0 Å². The lowest BCUT2D eigenvalue weighted by atomic mass is 9.99. The van der Waals surface area contributed by atoms with E-state index in [1.807, 2.05) is 0 Å². The molecule has 0 radical (unpaired) electrons. The molecule has 1 N–H and O–H groups in total. The average molecular weight is 273 g/mol.